The molecule has 3 heteroatoms. The number of hydrogen-bond acceptors (Lipinski definition) is 2. The van der Waals surface area contributed by atoms with Crippen LogP contribution in [0.25, 0.3) is 0 Å². The Morgan fingerprint density at radius 1 is 1.38 bits per heavy atom. The quantitative estimate of drug-likeness (QED) is 0.745. The van der Waals surface area contributed by atoms with E-state index < -0.39 is 0 Å². The van der Waals surface area contributed by atoms with Crippen LogP contribution in [0.3, 0.4) is 0 Å². The van der Waals surface area contributed by atoms with Crippen LogP contribution < -0.4 is 10.1 Å². The Balaban J connectivity index is 2.75. The van der Waals surface area contributed by atoms with E-state index in [1.165, 1.54) is 0 Å². The molecule has 0 atom stereocenters. The van der Waals surface area contributed by atoms with Crippen molar-refractivity contribution in [1.29, 1.82) is 0 Å². The summed E-state index contributed by atoms with van der Waals surface area (Å²) in [7, 11) is 1.82. The first-order valence-corrected chi connectivity index (χ1v) is 4.63. The van der Waals surface area contributed by atoms with E-state index in [1.807, 2.05) is 38.2 Å². The van der Waals surface area contributed by atoms with Crippen LogP contribution in [0, 0.1) is 0 Å². The Morgan fingerprint density at radius 2 is 2.00 bits per heavy atom. The lowest BCUT2D eigenvalue weighted by Crippen LogP contribution is -2.16. The lowest BCUT2D eigenvalue weighted by molar-refractivity contribution is 0.340. The predicted octanol–water partition coefficient (Wildman–Crippen LogP) is 1.98. The average Bonchev–Trinajstić information content (AvgIpc) is 2.18. The van der Waals surface area contributed by atoms with Crippen LogP contribution in [0.5, 0.6) is 5.75 Å². The molecule has 1 rings (SSSR count). The van der Waals surface area contributed by atoms with Crippen LogP contribution in [0.4, 0.5) is 0 Å². The molecule has 0 aliphatic heterocycles. The maximum Gasteiger partial charge on any atom is 0.119 e. The molecular formula is C10H13NOS. The van der Waals surface area contributed by atoms with Gasteiger partial charge in [0.15, 0.2) is 0 Å². The normalized spacial score (nSPS) is 9.38. The molecule has 1 aromatic rings. The third-order valence-corrected chi connectivity index (χ3v) is 2.09. The van der Waals surface area contributed by atoms with Crippen molar-refractivity contribution in [3.63, 3.8) is 0 Å². The fraction of sp³-hybridized carbons (Fsp3) is 0.300. The van der Waals surface area contributed by atoms with E-state index in [2.05, 4.69) is 5.32 Å². The number of nitrogens with one attached hydrogen (secondary N) is 1. The zero-order valence-electron chi connectivity index (χ0n) is 7.83. The highest BCUT2D eigenvalue weighted by Crippen LogP contribution is 2.11. The minimum absolute atomic E-state index is 0.690. The minimum atomic E-state index is 0.690. The van der Waals surface area contributed by atoms with Gasteiger partial charge in [-0.15, -0.1) is 0 Å². The van der Waals surface area contributed by atoms with Crippen molar-refractivity contribution < 1.29 is 4.74 Å². The molecule has 0 amide bonds. The Bertz CT molecular complexity index is 281. The van der Waals surface area contributed by atoms with Gasteiger partial charge in [0.25, 0.3) is 0 Å². The fourth-order valence-electron chi connectivity index (χ4n) is 1.01. The molecule has 0 saturated carbocycles. The van der Waals surface area contributed by atoms with E-state index in [0.717, 1.165) is 16.3 Å². The van der Waals surface area contributed by atoms with Crippen LogP contribution >= 0.6 is 12.2 Å². The predicted molar refractivity (Wildman–Crippen MR) is 58.4 cm³/mol. The van der Waals surface area contributed by atoms with Gasteiger partial charge in [0.2, 0.25) is 0 Å². The van der Waals surface area contributed by atoms with Gasteiger partial charge in [-0.3, -0.25) is 0 Å². The van der Waals surface area contributed by atoms with Gasteiger partial charge in [0.05, 0.1) is 6.61 Å². The number of thiocarbonyl (C=S) groups is 1. The maximum absolute atomic E-state index is 5.31. The molecule has 0 aliphatic carbocycles. The Hall–Kier alpha value is -1.09. The smallest absolute Gasteiger partial charge is 0.119 e. The lowest BCUT2D eigenvalue weighted by atomic mass is 10.2. The molecule has 0 heterocycles. The molecule has 0 saturated heterocycles. The molecule has 2 nitrogen and oxygen atoms in total. The Kier molecular flexibility index (Phi) is 3.71. The van der Waals surface area contributed by atoms with Crippen molar-refractivity contribution in [3.8, 4) is 5.75 Å². The van der Waals surface area contributed by atoms with Gasteiger partial charge in [-0.25, -0.2) is 0 Å². The minimum Gasteiger partial charge on any atom is -0.494 e. The van der Waals surface area contributed by atoms with Gasteiger partial charge >= 0.3 is 0 Å². The molecule has 0 aromatic heterocycles. The number of rotatable bonds is 3. The van der Waals surface area contributed by atoms with Gasteiger partial charge < -0.3 is 10.1 Å². The van der Waals surface area contributed by atoms with E-state index in [0.29, 0.717) is 6.61 Å². The zero-order valence-corrected chi connectivity index (χ0v) is 8.65. The van der Waals surface area contributed by atoms with Crippen LogP contribution in [-0.4, -0.2) is 18.6 Å². The molecular weight excluding hydrogens is 182 g/mol. The molecule has 0 aliphatic rings. The molecule has 70 valence electrons. The number of hydrogen-bond donors (Lipinski definition) is 1. The first-order chi connectivity index (χ1) is 6.27. The van der Waals surface area contributed by atoms with Crippen LogP contribution in [-0.2, 0) is 0 Å². The van der Waals surface area contributed by atoms with Gasteiger partial charge in [0, 0.05) is 12.6 Å². The largest absolute Gasteiger partial charge is 0.494 e. The van der Waals surface area contributed by atoms with Crippen molar-refractivity contribution in [3.05, 3.63) is 29.8 Å². The van der Waals surface area contributed by atoms with Gasteiger partial charge in [0.1, 0.15) is 10.7 Å². The summed E-state index contributed by atoms with van der Waals surface area (Å²) in [6.07, 6.45) is 0. The van der Waals surface area contributed by atoms with E-state index in [4.69, 9.17) is 17.0 Å². The number of benzene rings is 1. The fourth-order valence-corrected chi connectivity index (χ4v) is 1.15. The molecule has 0 unspecified atom stereocenters. The molecule has 13 heavy (non-hydrogen) atoms. The maximum atomic E-state index is 5.31. The first kappa shape index (κ1) is 9.99. The third-order valence-electron chi connectivity index (χ3n) is 1.65. The topological polar surface area (TPSA) is 21.3 Å². The second-order valence-electron chi connectivity index (χ2n) is 2.54. The molecule has 0 fully saturated rings. The van der Waals surface area contributed by atoms with E-state index in [-0.39, 0.29) is 0 Å². The zero-order chi connectivity index (χ0) is 9.68. The van der Waals surface area contributed by atoms with Crippen LogP contribution in [0.15, 0.2) is 24.3 Å². The van der Waals surface area contributed by atoms with Crippen molar-refractivity contribution in [2.24, 2.45) is 0 Å². The summed E-state index contributed by atoms with van der Waals surface area (Å²) >= 11 is 5.08. The summed E-state index contributed by atoms with van der Waals surface area (Å²) in [5.74, 6) is 0.880. The van der Waals surface area contributed by atoms with Gasteiger partial charge in [-0.1, -0.05) is 12.2 Å². The van der Waals surface area contributed by atoms with E-state index in [9.17, 15) is 0 Å². The highest BCUT2D eigenvalue weighted by molar-refractivity contribution is 7.80. The van der Waals surface area contributed by atoms with Crippen molar-refractivity contribution in [1.82, 2.24) is 5.32 Å². The van der Waals surface area contributed by atoms with Crippen LogP contribution in [0.1, 0.15) is 12.5 Å². The third kappa shape index (κ3) is 2.70. The monoisotopic (exact) mass is 195 g/mol. The summed E-state index contributed by atoms with van der Waals surface area (Å²) < 4.78 is 5.31. The van der Waals surface area contributed by atoms with Crippen molar-refractivity contribution in [2.75, 3.05) is 13.7 Å². The molecule has 0 radical (unpaired) electrons. The highest BCUT2D eigenvalue weighted by Gasteiger charge is 1.97. The lowest BCUT2D eigenvalue weighted by Gasteiger charge is -2.05. The highest BCUT2D eigenvalue weighted by atomic mass is 32.1. The molecule has 1 aromatic carbocycles. The summed E-state index contributed by atoms with van der Waals surface area (Å²) in [5, 5.41) is 2.92. The summed E-state index contributed by atoms with van der Waals surface area (Å²) in [4.78, 5) is 0.753. The van der Waals surface area contributed by atoms with Crippen molar-refractivity contribution >= 4 is 17.2 Å². The average molecular weight is 195 g/mol. The standard InChI is InChI=1S/C10H13NOS/c1-3-12-9-6-4-8(5-7-9)10(13)11-2/h4-7H,3H2,1-2H3,(H,11,13). The Morgan fingerprint density at radius 3 is 2.46 bits per heavy atom. The van der Waals surface area contributed by atoms with Gasteiger partial charge in [-0.2, -0.15) is 0 Å². The van der Waals surface area contributed by atoms with E-state index in [1.54, 1.807) is 0 Å². The molecule has 0 spiro atoms. The molecule has 0 bridgehead atoms. The van der Waals surface area contributed by atoms with Crippen molar-refractivity contribution in [2.45, 2.75) is 6.92 Å². The number of ether oxygens (including phenoxy) is 1. The Labute approximate surface area is 83.9 Å². The summed E-state index contributed by atoms with van der Waals surface area (Å²) in [6, 6.07) is 7.73. The SMILES string of the molecule is CCOc1ccc(C(=S)NC)cc1. The second kappa shape index (κ2) is 4.82. The van der Waals surface area contributed by atoms with E-state index >= 15 is 0 Å². The summed E-state index contributed by atoms with van der Waals surface area (Å²) in [5.41, 5.74) is 1.01. The van der Waals surface area contributed by atoms with Gasteiger partial charge in [-0.05, 0) is 31.2 Å². The summed E-state index contributed by atoms with van der Waals surface area (Å²) in [6.45, 7) is 2.65. The molecule has 1 N–H and O–H groups in total. The first-order valence-electron chi connectivity index (χ1n) is 4.23. The second-order valence-corrected chi connectivity index (χ2v) is 2.94. The van der Waals surface area contributed by atoms with Crippen LogP contribution in [0.2, 0.25) is 0 Å².